The SMILES string of the molecule is Cc1nc(N[C@@H](C)c2cccc(-c3cnc(NCc4ccoc4)nc3)c2)cc(-c2ccc3occ(C)c3c2)n1. The van der Waals surface area contributed by atoms with E-state index in [4.69, 9.17) is 8.83 Å². The van der Waals surface area contributed by atoms with Gasteiger partial charge < -0.3 is 19.5 Å². The van der Waals surface area contributed by atoms with E-state index in [1.165, 1.54) is 0 Å². The number of aromatic nitrogens is 4. The van der Waals surface area contributed by atoms with E-state index < -0.39 is 0 Å². The van der Waals surface area contributed by atoms with Gasteiger partial charge in [-0.25, -0.2) is 19.9 Å². The number of rotatable bonds is 8. The molecule has 0 spiro atoms. The van der Waals surface area contributed by atoms with Gasteiger partial charge in [-0.1, -0.05) is 18.2 Å². The Labute approximate surface area is 226 Å². The molecular formula is C31H28N6O2. The van der Waals surface area contributed by atoms with Crippen LogP contribution in [0.5, 0.6) is 0 Å². The van der Waals surface area contributed by atoms with Crippen LogP contribution in [-0.4, -0.2) is 19.9 Å². The lowest BCUT2D eigenvalue weighted by Gasteiger charge is -2.17. The summed E-state index contributed by atoms with van der Waals surface area (Å²) in [5.74, 6) is 2.05. The van der Waals surface area contributed by atoms with Crippen molar-refractivity contribution in [2.24, 2.45) is 0 Å². The predicted molar refractivity (Wildman–Crippen MR) is 152 cm³/mol. The quantitative estimate of drug-likeness (QED) is 0.217. The molecule has 8 heteroatoms. The Bertz CT molecular complexity index is 1720. The molecule has 2 N–H and O–H groups in total. The van der Waals surface area contributed by atoms with Crippen molar-refractivity contribution >= 4 is 22.7 Å². The third kappa shape index (κ3) is 5.36. The number of hydrogen-bond donors (Lipinski definition) is 2. The Morgan fingerprint density at radius 3 is 2.56 bits per heavy atom. The number of anilines is 2. The van der Waals surface area contributed by atoms with Crippen LogP contribution in [0.1, 0.15) is 35.5 Å². The number of furan rings is 2. The highest BCUT2D eigenvalue weighted by Gasteiger charge is 2.12. The first-order chi connectivity index (χ1) is 19.0. The number of fused-ring (bicyclic) bond motifs is 1. The van der Waals surface area contributed by atoms with Crippen molar-refractivity contribution in [3.8, 4) is 22.4 Å². The van der Waals surface area contributed by atoms with Crippen LogP contribution in [0.15, 0.2) is 94.6 Å². The van der Waals surface area contributed by atoms with Crippen LogP contribution in [0.25, 0.3) is 33.4 Å². The fourth-order valence-electron chi connectivity index (χ4n) is 4.54. The molecule has 0 saturated carbocycles. The first-order valence-electron chi connectivity index (χ1n) is 12.8. The molecule has 0 aliphatic carbocycles. The van der Waals surface area contributed by atoms with E-state index in [-0.39, 0.29) is 6.04 Å². The van der Waals surface area contributed by atoms with Crippen LogP contribution in [0.4, 0.5) is 11.8 Å². The largest absolute Gasteiger partial charge is 0.472 e. The van der Waals surface area contributed by atoms with Crippen LogP contribution in [0.3, 0.4) is 0 Å². The zero-order valence-corrected chi connectivity index (χ0v) is 22.0. The van der Waals surface area contributed by atoms with Gasteiger partial charge in [0.15, 0.2) is 0 Å². The topological polar surface area (TPSA) is 102 Å². The lowest BCUT2D eigenvalue weighted by Crippen LogP contribution is -2.09. The van der Waals surface area contributed by atoms with E-state index in [1.807, 2.05) is 56.6 Å². The molecule has 194 valence electrons. The summed E-state index contributed by atoms with van der Waals surface area (Å²) < 4.78 is 10.7. The summed E-state index contributed by atoms with van der Waals surface area (Å²) in [7, 11) is 0. The number of nitrogens with one attached hydrogen (secondary N) is 2. The number of benzene rings is 2. The van der Waals surface area contributed by atoms with E-state index >= 15 is 0 Å². The fraction of sp³-hybridized carbons (Fsp3) is 0.161. The van der Waals surface area contributed by atoms with Crippen molar-refractivity contribution in [2.75, 3.05) is 10.6 Å². The summed E-state index contributed by atoms with van der Waals surface area (Å²) in [6, 6.07) is 18.4. The van der Waals surface area contributed by atoms with Crippen molar-refractivity contribution in [1.29, 1.82) is 0 Å². The summed E-state index contributed by atoms with van der Waals surface area (Å²) in [4.78, 5) is 18.3. The lowest BCUT2D eigenvalue weighted by molar-refractivity contribution is 0.564. The van der Waals surface area contributed by atoms with E-state index in [2.05, 4.69) is 61.8 Å². The van der Waals surface area contributed by atoms with Crippen LogP contribution in [0, 0.1) is 13.8 Å². The molecule has 6 aromatic rings. The van der Waals surface area contributed by atoms with E-state index in [1.54, 1.807) is 18.8 Å². The van der Waals surface area contributed by atoms with Crippen LogP contribution >= 0.6 is 0 Å². The van der Waals surface area contributed by atoms with Gasteiger partial charge in [-0.05, 0) is 67.8 Å². The molecule has 8 nitrogen and oxygen atoms in total. The molecule has 0 unspecified atom stereocenters. The second-order valence-electron chi connectivity index (χ2n) is 9.59. The molecule has 0 radical (unpaired) electrons. The number of hydrogen-bond acceptors (Lipinski definition) is 8. The average molecular weight is 517 g/mol. The Balaban J connectivity index is 1.18. The minimum absolute atomic E-state index is 0.0162. The zero-order valence-electron chi connectivity index (χ0n) is 22.0. The molecule has 4 heterocycles. The van der Waals surface area contributed by atoms with Gasteiger partial charge in [0.2, 0.25) is 5.95 Å². The maximum absolute atomic E-state index is 5.60. The van der Waals surface area contributed by atoms with Crippen LogP contribution < -0.4 is 10.6 Å². The monoisotopic (exact) mass is 516 g/mol. The fourth-order valence-corrected chi connectivity index (χ4v) is 4.54. The molecular weight excluding hydrogens is 488 g/mol. The average Bonchev–Trinajstić information content (AvgIpc) is 3.61. The molecule has 0 amide bonds. The minimum Gasteiger partial charge on any atom is -0.472 e. The van der Waals surface area contributed by atoms with Gasteiger partial charge in [0.1, 0.15) is 17.2 Å². The van der Waals surface area contributed by atoms with Gasteiger partial charge in [0.05, 0.1) is 24.5 Å². The highest BCUT2D eigenvalue weighted by atomic mass is 16.3. The van der Waals surface area contributed by atoms with E-state index in [0.717, 1.165) is 55.9 Å². The standard InChI is InChI=1S/C31H28N6O2/c1-19-17-39-29-8-7-25(12-27(19)29)28-13-30(37-21(3)36-28)35-20(2)23-5-4-6-24(11-23)26-15-33-31(34-16-26)32-14-22-9-10-38-18-22/h4-13,15-18,20H,14H2,1-3H3,(H,32,33,34)(H,35,36,37)/t20-/m0/s1. The lowest BCUT2D eigenvalue weighted by atomic mass is 10.0. The van der Waals surface area contributed by atoms with Gasteiger partial charge in [-0.3, -0.25) is 0 Å². The summed E-state index contributed by atoms with van der Waals surface area (Å²) in [6.07, 6.45) is 8.80. The Morgan fingerprint density at radius 2 is 1.74 bits per heavy atom. The third-order valence-corrected chi connectivity index (χ3v) is 6.67. The van der Waals surface area contributed by atoms with Gasteiger partial charge in [-0.2, -0.15) is 0 Å². The maximum Gasteiger partial charge on any atom is 0.222 e. The Hall–Kier alpha value is -4.98. The molecule has 6 rings (SSSR count). The molecule has 0 aliphatic heterocycles. The highest BCUT2D eigenvalue weighted by molar-refractivity contribution is 5.85. The minimum atomic E-state index is 0.0162. The molecule has 4 aromatic heterocycles. The van der Waals surface area contributed by atoms with Gasteiger partial charge in [0, 0.05) is 53.1 Å². The molecule has 0 fully saturated rings. The second-order valence-corrected chi connectivity index (χ2v) is 9.59. The van der Waals surface area contributed by atoms with Gasteiger partial charge in [0.25, 0.3) is 0 Å². The predicted octanol–water partition coefficient (Wildman–Crippen LogP) is 7.34. The van der Waals surface area contributed by atoms with Crippen LogP contribution in [0.2, 0.25) is 0 Å². The normalized spacial score (nSPS) is 12.0. The maximum atomic E-state index is 5.60. The molecule has 0 bridgehead atoms. The van der Waals surface area contributed by atoms with E-state index in [0.29, 0.717) is 18.3 Å². The molecule has 2 aromatic carbocycles. The first kappa shape index (κ1) is 24.4. The molecule has 0 saturated heterocycles. The number of nitrogens with zero attached hydrogens (tertiary/aromatic N) is 4. The third-order valence-electron chi connectivity index (χ3n) is 6.67. The van der Waals surface area contributed by atoms with Gasteiger partial charge >= 0.3 is 0 Å². The van der Waals surface area contributed by atoms with Crippen molar-refractivity contribution in [2.45, 2.75) is 33.4 Å². The van der Waals surface area contributed by atoms with Crippen molar-refractivity contribution in [3.05, 3.63) is 108 Å². The summed E-state index contributed by atoms with van der Waals surface area (Å²) in [5.41, 5.74) is 8.04. The molecule has 0 aliphatic rings. The summed E-state index contributed by atoms with van der Waals surface area (Å²) in [6.45, 7) is 6.69. The molecule has 39 heavy (non-hydrogen) atoms. The summed E-state index contributed by atoms with van der Waals surface area (Å²) >= 11 is 0. The molecule has 1 atom stereocenters. The van der Waals surface area contributed by atoms with Crippen LogP contribution in [-0.2, 0) is 6.54 Å². The summed E-state index contributed by atoms with van der Waals surface area (Å²) in [5, 5.41) is 7.85. The zero-order chi connectivity index (χ0) is 26.8. The van der Waals surface area contributed by atoms with Crippen molar-refractivity contribution in [3.63, 3.8) is 0 Å². The second kappa shape index (κ2) is 10.4. The Morgan fingerprint density at radius 1 is 0.872 bits per heavy atom. The number of aryl methyl sites for hydroxylation is 2. The van der Waals surface area contributed by atoms with E-state index in [9.17, 15) is 0 Å². The Kier molecular flexibility index (Phi) is 6.50. The smallest absolute Gasteiger partial charge is 0.222 e. The van der Waals surface area contributed by atoms with Gasteiger partial charge in [-0.15, -0.1) is 0 Å². The first-order valence-corrected chi connectivity index (χ1v) is 12.8. The highest BCUT2D eigenvalue weighted by Crippen LogP contribution is 2.29. The van der Waals surface area contributed by atoms with Crippen molar-refractivity contribution < 1.29 is 8.83 Å². The van der Waals surface area contributed by atoms with Crippen molar-refractivity contribution in [1.82, 2.24) is 19.9 Å².